The van der Waals surface area contributed by atoms with Crippen LogP contribution in [0.2, 0.25) is 0 Å². The highest BCUT2D eigenvalue weighted by Crippen LogP contribution is 2.10. The second-order valence-electron chi connectivity index (χ2n) is 5.35. The van der Waals surface area contributed by atoms with Crippen LogP contribution in [0.15, 0.2) is 0 Å². The van der Waals surface area contributed by atoms with Crippen molar-refractivity contribution in [3.05, 3.63) is 0 Å². The number of hydrogen-bond donors (Lipinski definition) is 0. The molecule has 0 heterocycles. The van der Waals surface area contributed by atoms with Gasteiger partial charge < -0.3 is 9.47 Å². The third-order valence-electron chi connectivity index (χ3n) is 3.38. The van der Waals surface area contributed by atoms with Crippen molar-refractivity contribution in [1.29, 1.82) is 0 Å². The first kappa shape index (κ1) is 19.4. The lowest BCUT2D eigenvalue weighted by atomic mass is 10.1. The Hall–Kier alpha value is -0.570. The number of carbonyl (C=O) groups is 1. The molecule has 0 saturated heterocycles. The Morgan fingerprint density at radius 2 is 1.35 bits per heavy atom. The number of esters is 1. The molecule has 0 aliphatic carbocycles. The summed E-state index contributed by atoms with van der Waals surface area (Å²) in [6.45, 7) is 6.12. The largest absolute Gasteiger partial charge is 0.466 e. The Morgan fingerprint density at radius 3 is 1.95 bits per heavy atom. The lowest BCUT2D eigenvalue weighted by Gasteiger charge is -2.05. The minimum Gasteiger partial charge on any atom is -0.466 e. The summed E-state index contributed by atoms with van der Waals surface area (Å²) >= 11 is 0. The van der Waals surface area contributed by atoms with E-state index >= 15 is 0 Å². The third-order valence-corrected chi connectivity index (χ3v) is 3.38. The summed E-state index contributed by atoms with van der Waals surface area (Å²) in [6.07, 6.45) is 12.9. The van der Waals surface area contributed by atoms with E-state index in [0.29, 0.717) is 19.6 Å². The van der Waals surface area contributed by atoms with E-state index in [2.05, 4.69) is 6.92 Å². The number of unbranched alkanes of at least 4 members (excludes halogenated alkanes) is 8. The van der Waals surface area contributed by atoms with E-state index in [9.17, 15) is 4.79 Å². The molecule has 20 heavy (non-hydrogen) atoms. The third kappa shape index (κ3) is 15.5. The highest BCUT2D eigenvalue weighted by Gasteiger charge is 2.02. The van der Waals surface area contributed by atoms with Crippen LogP contribution in [-0.2, 0) is 14.3 Å². The van der Waals surface area contributed by atoms with Gasteiger partial charge >= 0.3 is 5.97 Å². The molecule has 0 aromatic heterocycles. The highest BCUT2D eigenvalue weighted by atomic mass is 16.5. The van der Waals surface area contributed by atoms with Gasteiger partial charge in [0.1, 0.15) is 0 Å². The molecule has 0 aromatic carbocycles. The average Bonchev–Trinajstić information content (AvgIpc) is 2.45. The number of rotatable bonds is 15. The lowest BCUT2D eigenvalue weighted by Crippen LogP contribution is -2.07. The topological polar surface area (TPSA) is 35.5 Å². The Labute approximate surface area is 125 Å². The first-order chi connectivity index (χ1) is 9.81. The fourth-order valence-corrected chi connectivity index (χ4v) is 2.14. The van der Waals surface area contributed by atoms with Gasteiger partial charge in [0.25, 0.3) is 0 Å². The van der Waals surface area contributed by atoms with Crippen molar-refractivity contribution < 1.29 is 14.3 Å². The van der Waals surface area contributed by atoms with Crippen molar-refractivity contribution in [1.82, 2.24) is 0 Å². The van der Waals surface area contributed by atoms with Gasteiger partial charge in [-0.15, -0.1) is 0 Å². The standard InChI is InChI=1S/C17H34O3/c1-3-5-6-7-8-9-10-11-12-14-17(18)20-16-13-15-19-4-2/h3-16H2,1-2H3. The zero-order valence-electron chi connectivity index (χ0n) is 13.6. The van der Waals surface area contributed by atoms with Gasteiger partial charge in [-0.2, -0.15) is 0 Å². The molecule has 0 rings (SSSR count). The Kier molecular flexibility index (Phi) is 16.0. The maximum atomic E-state index is 11.4. The second kappa shape index (κ2) is 16.5. The Bertz CT molecular complexity index is 204. The Balaban J connectivity index is 3.11. The van der Waals surface area contributed by atoms with Gasteiger partial charge in [-0.1, -0.05) is 58.3 Å². The van der Waals surface area contributed by atoms with Crippen molar-refractivity contribution in [2.24, 2.45) is 0 Å². The predicted octanol–water partition coefficient (Wildman–Crippen LogP) is 4.88. The van der Waals surface area contributed by atoms with Gasteiger partial charge in [0.15, 0.2) is 0 Å². The van der Waals surface area contributed by atoms with E-state index in [1.807, 2.05) is 6.92 Å². The molecule has 0 N–H and O–H groups in total. The summed E-state index contributed by atoms with van der Waals surface area (Å²) < 4.78 is 10.3. The summed E-state index contributed by atoms with van der Waals surface area (Å²) in [5, 5.41) is 0. The van der Waals surface area contributed by atoms with Crippen LogP contribution in [0.1, 0.15) is 84.5 Å². The maximum absolute atomic E-state index is 11.4. The van der Waals surface area contributed by atoms with Gasteiger partial charge in [-0.05, 0) is 13.3 Å². The first-order valence-electron chi connectivity index (χ1n) is 8.54. The zero-order valence-corrected chi connectivity index (χ0v) is 13.6. The van der Waals surface area contributed by atoms with Gasteiger partial charge in [-0.25, -0.2) is 0 Å². The molecule has 3 heteroatoms. The fourth-order valence-electron chi connectivity index (χ4n) is 2.14. The molecule has 0 unspecified atom stereocenters. The van der Waals surface area contributed by atoms with Crippen LogP contribution in [0.4, 0.5) is 0 Å². The normalized spacial score (nSPS) is 10.7. The number of hydrogen-bond acceptors (Lipinski definition) is 3. The minimum atomic E-state index is -0.0514. The molecular formula is C17H34O3. The van der Waals surface area contributed by atoms with Crippen LogP contribution in [0.5, 0.6) is 0 Å². The van der Waals surface area contributed by atoms with Crippen LogP contribution >= 0.6 is 0 Å². The molecule has 0 spiro atoms. The van der Waals surface area contributed by atoms with Crippen molar-refractivity contribution >= 4 is 5.97 Å². The van der Waals surface area contributed by atoms with Crippen LogP contribution < -0.4 is 0 Å². The second-order valence-corrected chi connectivity index (χ2v) is 5.35. The molecule has 0 radical (unpaired) electrons. The van der Waals surface area contributed by atoms with Gasteiger partial charge in [0, 0.05) is 26.1 Å². The predicted molar refractivity (Wildman–Crippen MR) is 83.9 cm³/mol. The van der Waals surface area contributed by atoms with Crippen LogP contribution in [-0.4, -0.2) is 25.8 Å². The van der Waals surface area contributed by atoms with Gasteiger partial charge in [0.05, 0.1) is 6.61 Å². The summed E-state index contributed by atoms with van der Waals surface area (Å²) in [7, 11) is 0. The zero-order chi connectivity index (χ0) is 14.9. The highest BCUT2D eigenvalue weighted by molar-refractivity contribution is 5.69. The molecule has 0 aromatic rings. The molecule has 3 nitrogen and oxygen atoms in total. The molecule has 0 atom stereocenters. The molecule has 0 fully saturated rings. The average molecular weight is 286 g/mol. The van der Waals surface area contributed by atoms with Crippen molar-refractivity contribution in [3.63, 3.8) is 0 Å². The van der Waals surface area contributed by atoms with Crippen molar-refractivity contribution in [2.45, 2.75) is 84.5 Å². The molecule has 0 aliphatic heterocycles. The lowest BCUT2D eigenvalue weighted by molar-refractivity contribution is -0.144. The summed E-state index contributed by atoms with van der Waals surface area (Å²) in [6, 6.07) is 0. The fraction of sp³-hybridized carbons (Fsp3) is 0.941. The molecule has 120 valence electrons. The van der Waals surface area contributed by atoms with E-state index in [0.717, 1.165) is 25.9 Å². The number of carbonyl (C=O) groups excluding carboxylic acids is 1. The smallest absolute Gasteiger partial charge is 0.305 e. The summed E-state index contributed by atoms with van der Waals surface area (Å²) in [4.78, 5) is 11.4. The van der Waals surface area contributed by atoms with E-state index in [1.54, 1.807) is 0 Å². The van der Waals surface area contributed by atoms with Crippen LogP contribution in [0, 0.1) is 0 Å². The van der Waals surface area contributed by atoms with E-state index in [4.69, 9.17) is 9.47 Å². The SMILES string of the molecule is CCCCCCCCCCCC(=O)OCCCOCC. The molecule has 0 aliphatic rings. The molecule has 0 bridgehead atoms. The van der Waals surface area contributed by atoms with Crippen molar-refractivity contribution in [3.8, 4) is 0 Å². The molecule has 0 saturated carbocycles. The van der Waals surface area contributed by atoms with Crippen LogP contribution in [0.3, 0.4) is 0 Å². The van der Waals surface area contributed by atoms with E-state index < -0.39 is 0 Å². The van der Waals surface area contributed by atoms with Gasteiger partial charge in [-0.3, -0.25) is 4.79 Å². The van der Waals surface area contributed by atoms with Gasteiger partial charge in [0.2, 0.25) is 0 Å². The Morgan fingerprint density at radius 1 is 0.750 bits per heavy atom. The maximum Gasteiger partial charge on any atom is 0.305 e. The van der Waals surface area contributed by atoms with E-state index in [1.165, 1.54) is 44.9 Å². The summed E-state index contributed by atoms with van der Waals surface area (Å²) in [5.41, 5.74) is 0. The summed E-state index contributed by atoms with van der Waals surface area (Å²) in [5.74, 6) is -0.0514. The molecule has 0 amide bonds. The van der Waals surface area contributed by atoms with Crippen LogP contribution in [0.25, 0.3) is 0 Å². The first-order valence-corrected chi connectivity index (χ1v) is 8.54. The van der Waals surface area contributed by atoms with Crippen molar-refractivity contribution in [2.75, 3.05) is 19.8 Å². The minimum absolute atomic E-state index is 0.0514. The number of ether oxygens (including phenoxy) is 2. The molecular weight excluding hydrogens is 252 g/mol. The quantitative estimate of drug-likeness (QED) is 0.318. The monoisotopic (exact) mass is 286 g/mol. The van der Waals surface area contributed by atoms with E-state index in [-0.39, 0.29) is 5.97 Å².